The summed E-state index contributed by atoms with van der Waals surface area (Å²) in [6, 6.07) is 24.6. The van der Waals surface area contributed by atoms with Gasteiger partial charge in [0.25, 0.3) is 11.1 Å². The molecule has 3 amide bonds. The molecule has 6 nitrogen and oxygen atoms in total. The molecule has 0 aromatic heterocycles. The highest BCUT2D eigenvalue weighted by molar-refractivity contribution is 9.11. The molecule has 1 heterocycles. The lowest BCUT2D eigenvalue weighted by Crippen LogP contribution is -2.36. The van der Waals surface area contributed by atoms with E-state index in [9.17, 15) is 14.4 Å². The van der Waals surface area contributed by atoms with Gasteiger partial charge in [0.2, 0.25) is 5.91 Å². The third-order valence-corrected chi connectivity index (χ3v) is 8.31. The molecule has 0 unspecified atom stereocenters. The number of halogens is 3. The van der Waals surface area contributed by atoms with E-state index in [2.05, 4.69) is 55.4 Å². The second kappa shape index (κ2) is 12.0. The van der Waals surface area contributed by atoms with Crippen LogP contribution in [-0.4, -0.2) is 28.5 Å². The lowest BCUT2D eigenvalue weighted by atomic mass is 10.1. The van der Waals surface area contributed by atoms with E-state index in [1.165, 1.54) is 0 Å². The zero-order valence-electron chi connectivity index (χ0n) is 20.1. The van der Waals surface area contributed by atoms with Crippen LogP contribution in [0, 0.1) is 0 Å². The molecule has 196 valence electrons. The smallest absolute Gasteiger partial charge is 0.294 e. The molecule has 4 aromatic rings. The summed E-state index contributed by atoms with van der Waals surface area (Å²) < 4.78 is 7.50. The van der Waals surface area contributed by atoms with Crippen molar-refractivity contribution < 1.29 is 19.1 Å². The van der Waals surface area contributed by atoms with E-state index >= 15 is 0 Å². The predicted octanol–water partition coefficient (Wildman–Crippen LogP) is 8.27. The predicted molar refractivity (Wildman–Crippen MR) is 163 cm³/mol. The number of thioether (sulfide) groups is 1. The van der Waals surface area contributed by atoms with Crippen molar-refractivity contribution in [2.75, 3.05) is 11.9 Å². The molecule has 0 atom stereocenters. The summed E-state index contributed by atoms with van der Waals surface area (Å²) in [7, 11) is 0. The number of hydrogen-bond acceptors (Lipinski definition) is 5. The molecular weight excluding hydrogens is 668 g/mol. The Morgan fingerprint density at radius 3 is 2.44 bits per heavy atom. The number of imide groups is 1. The molecule has 1 aliphatic heterocycles. The third-order valence-electron chi connectivity index (χ3n) is 5.89. The molecule has 5 rings (SSSR count). The van der Waals surface area contributed by atoms with Crippen LogP contribution in [0.25, 0.3) is 16.8 Å². The highest BCUT2D eigenvalue weighted by atomic mass is 79.9. The van der Waals surface area contributed by atoms with Gasteiger partial charge < -0.3 is 10.1 Å². The maximum atomic E-state index is 12.9. The minimum Gasteiger partial charge on any atom is -0.487 e. The number of carbonyl (C=O) groups is 3. The molecule has 0 radical (unpaired) electrons. The van der Waals surface area contributed by atoms with Crippen molar-refractivity contribution in [1.29, 1.82) is 0 Å². The number of hydrogen-bond donors (Lipinski definition) is 1. The largest absolute Gasteiger partial charge is 0.487 e. The summed E-state index contributed by atoms with van der Waals surface area (Å²) in [5.41, 5.74) is 2.14. The standard InChI is InChI=1S/C29H19Br2ClN2O4S/c30-21-12-17(13-22(31)27(21)38-16-19-8-5-7-18-6-1-2-9-20(18)19)14-25-28(36)34(29(37)39-25)15-26(35)33-24-11-4-3-10-23(24)32/h1-14H,15-16H2,(H,33,35)/b25-14+. The van der Waals surface area contributed by atoms with Gasteiger partial charge in [-0.1, -0.05) is 66.2 Å². The number of nitrogens with zero attached hydrogens (tertiary/aromatic N) is 1. The van der Waals surface area contributed by atoms with E-state index in [1.807, 2.05) is 24.3 Å². The quantitative estimate of drug-likeness (QED) is 0.198. The first-order valence-electron chi connectivity index (χ1n) is 11.7. The van der Waals surface area contributed by atoms with E-state index in [-0.39, 0.29) is 4.91 Å². The first-order chi connectivity index (χ1) is 18.8. The second-order valence-electron chi connectivity index (χ2n) is 8.54. The van der Waals surface area contributed by atoms with Crippen LogP contribution < -0.4 is 10.1 Å². The Hall–Kier alpha value is -3.11. The summed E-state index contributed by atoms with van der Waals surface area (Å²) in [5.74, 6) is -0.447. The third kappa shape index (κ3) is 6.22. The Balaban J connectivity index is 1.28. The summed E-state index contributed by atoms with van der Waals surface area (Å²) in [4.78, 5) is 39.1. The van der Waals surface area contributed by atoms with Crippen LogP contribution in [0.15, 0.2) is 92.7 Å². The van der Waals surface area contributed by atoms with E-state index in [4.69, 9.17) is 16.3 Å². The maximum Gasteiger partial charge on any atom is 0.294 e. The molecule has 10 heteroatoms. The molecule has 4 aromatic carbocycles. The fraction of sp³-hybridized carbons (Fsp3) is 0.0690. The van der Waals surface area contributed by atoms with E-state index in [0.29, 0.717) is 37.6 Å². The van der Waals surface area contributed by atoms with Crippen LogP contribution in [0.5, 0.6) is 5.75 Å². The Morgan fingerprint density at radius 1 is 0.974 bits per heavy atom. The van der Waals surface area contributed by atoms with Crippen molar-refractivity contribution in [3.63, 3.8) is 0 Å². The zero-order valence-corrected chi connectivity index (χ0v) is 24.9. The molecular formula is C29H19Br2ClN2O4S. The minimum atomic E-state index is -0.539. The highest BCUT2D eigenvalue weighted by Crippen LogP contribution is 2.38. The van der Waals surface area contributed by atoms with Gasteiger partial charge in [0.15, 0.2) is 0 Å². The van der Waals surface area contributed by atoms with Crippen LogP contribution in [0.4, 0.5) is 10.5 Å². The van der Waals surface area contributed by atoms with Gasteiger partial charge >= 0.3 is 0 Å². The van der Waals surface area contributed by atoms with Crippen LogP contribution in [0.2, 0.25) is 5.02 Å². The Kier molecular flexibility index (Phi) is 8.42. The van der Waals surface area contributed by atoms with Crippen LogP contribution in [-0.2, 0) is 16.2 Å². The van der Waals surface area contributed by atoms with Gasteiger partial charge in [0, 0.05) is 0 Å². The number of fused-ring (bicyclic) bond motifs is 1. The Morgan fingerprint density at radius 2 is 1.67 bits per heavy atom. The summed E-state index contributed by atoms with van der Waals surface area (Å²) >= 11 is 14.0. The first-order valence-corrected chi connectivity index (χ1v) is 14.5. The van der Waals surface area contributed by atoms with Crippen molar-refractivity contribution in [3.8, 4) is 5.75 Å². The van der Waals surface area contributed by atoms with Crippen molar-refractivity contribution >= 4 is 94.8 Å². The summed E-state index contributed by atoms with van der Waals surface area (Å²) in [6.45, 7) is -0.0470. The molecule has 1 fully saturated rings. The number of carbonyl (C=O) groups excluding carboxylic acids is 3. The van der Waals surface area contributed by atoms with Gasteiger partial charge in [-0.05, 0) is 95.9 Å². The number of anilines is 1. The highest BCUT2D eigenvalue weighted by Gasteiger charge is 2.36. The fourth-order valence-electron chi connectivity index (χ4n) is 4.05. The lowest BCUT2D eigenvalue weighted by Gasteiger charge is -2.13. The number of ether oxygens (including phenoxy) is 1. The molecule has 39 heavy (non-hydrogen) atoms. The monoisotopic (exact) mass is 684 g/mol. The lowest BCUT2D eigenvalue weighted by molar-refractivity contribution is -0.127. The van der Waals surface area contributed by atoms with Crippen LogP contribution in [0.3, 0.4) is 0 Å². The normalized spacial score (nSPS) is 14.3. The first kappa shape index (κ1) is 27.5. The molecule has 1 N–H and O–H groups in total. The van der Waals surface area contributed by atoms with Gasteiger partial charge in [-0.25, -0.2) is 0 Å². The van der Waals surface area contributed by atoms with E-state index in [1.54, 1.807) is 42.5 Å². The average molecular weight is 687 g/mol. The Bertz CT molecular complexity index is 1630. The molecule has 1 aliphatic rings. The van der Waals surface area contributed by atoms with Crippen LogP contribution >= 0.6 is 55.2 Å². The average Bonchev–Trinajstić information content (AvgIpc) is 3.16. The number of amides is 3. The molecule has 0 saturated carbocycles. The van der Waals surface area contributed by atoms with Gasteiger partial charge in [-0.3, -0.25) is 19.3 Å². The minimum absolute atomic E-state index is 0.216. The second-order valence-corrected chi connectivity index (χ2v) is 11.6. The summed E-state index contributed by atoms with van der Waals surface area (Å²) in [6.07, 6.45) is 1.61. The Labute approximate surface area is 250 Å². The number of nitrogens with one attached hydrogen (secondary N) is 1. The molecule has 1 saturated heterocycles. The zero-order chi connectivity index (χ0) is 27.5. The van der Waals surface area contributed by atoms with Gasteiger partial charge in [0.1, 0.15) is 18.9 Å². The SMILES string of the molecule is O=C(CN1C(=O)S/C(=C/c2cc(Br)c(OCc3cccc4ccccc34)c(Br)c2)C1=O)Nc1ccccc1Cl. The van der Waals surface area contributed by atoms with Gasteiger partial charge in [-0.2, -0.15) is 0 Å². The van der Waals surface area contributed by atoms with E-state index in [0.717, 1.165) is 33.0 Å². The number of para-hydroxylation sites is 1. The van der Waals surface area contributed by atoms with Gasteiger partial charge in [0.05, 0.1) is 24.6 Å². The molecule has 0 bridgehead atoms. The van der Waals surface area contributed by atoms with Crippen molar-refractivity contribution in [2.45, 2.75) is 6.61 Å². The number of benzene rings is 4. The maximum absolute atomic E-state index is 12.9. The molecule has 0 aliphatic carbocycles. The van der Waals surface area contributed by atoms with Crippen molar-refractivity contribution in [3.05, 3.63) is 109 Å². The summed E-state index contributed by atoms with van der Waals surface area (Å²) in [5, 5.41) is 4.73. The van der Waals surface area contributed by atoms with Crippen LogP contribution in [0.1, 0.15) is 11.1 Å². The number of rotatable bonds is 7. The van der Waals surface area contributed by atoms with Crippen molar-refractivity contribution in [1.82, 2.24) is 4.90 Å². The molecule has 0 spiro atoms. The van der Waals surface area contributed by atoms with Gasteiger partial charge in [-0.15, -0.1) is 0 Å². The van der Waals surface area contributed by atoms with Crippen molar-refractivity contribution in [2.24, 2.45) is 0 Å². The van der Waals surface area contributed by atoms with E-state index < -0.39 is 23.6 Å². The fourth-order valence-corrected chi connectivity index (χ4v) is 6.52. The topological polar surface area (TPSA) is 75.7 Å².